The zero-order valence-corrected chi connectivity index (χ0v) is 11.0. The van der Waals surface area contributed by atoms with E-state index in [1.807, 2.05) is 11.8 Å². The van der Waals surface area contributed by atoms with Crippen molar-refractivity contribution in [3.8, 4) is 0 Å². The predicted molar refractivity (Wildman–Crippen MR) is 67.9 cm³/mol. The molecule has 0 radical (unpaired) electrons. The Hall–Kier alpha value is -0.650. The summed E-state index contributed by atoms with van der Waals surface area (Å²) in [4.78, 5) is 16.0. The third kappa shape index (κ3) is 5.48. The maximum Gasteiger partial charge on any atom is 0.236 e. The van der Waals surface area contributed by atoms with Crippen LogP contribution < -0.4 is 5.32 Å². The van der Waals surface area contributed by atoms with Crippen LogP contribution in [0.3, 0.4) is 0 Å². The molecule has 0 aromatic rings. The van der Waals surface area contributed by atoms with Gasteiger partial charge in [0.1, 0.15) is 0 Å². The molecule has 1 unspecified atom stereocenters. The Balaban J connectivity index is 2.16. The summed E-state index contributed by atoms with van der Waals surface area (Å²) in [6, 6.07) is 0.290. The Kier molecular flexibility index (Phi) is 6.47. The smallest absolute Gasteiger partial charge is 0.236 e. The number of aliphatic hydroxyl groups is 1. The molecule has 0 aliphatic carbocycles. The highest BCUT2D eigenvalue weighted by atomic mass is 16.2. The van der Waals surface area contributed by atoms with Crippen molar-refractivity contribution in [3.05, 3.63) is 0 Å². The van der Waals surface area contributed by atoms with Crippen molar-refractivity contribution in [2.45, 2.75) is 25.8 Å². The average molecular weight is 243 g/mol. The summed E-state index contributed by atoms with van der Waals surface area (Å²) < 4.78 is 0. The lowest BCUT2D eigenvalue weighted by atomic mass is 10.2. The quantitative estimate of drug-likeness (QED) is 0.661. The summed E-state index contributed by atoms with van der Waals surface area (Å²) in [7, 11) is 2.08. The second kappa shape index (κ2) is 7.63. The van der Waals surface area contributed by atoms with Crippen LogP contribution in [0.1, 0.15) is 19.8 Å². The van der Waals surface area contributed by atoms with Crippen LogP contribution in [0.15, 0.2) is 0 Å². The van der Waals surface area contributed by atoms with Gasteiger partial charge in [0, 0.05) is 38.8 Å². The summed E-state index contributed by atoms with van der Waals surface area (Å²) in [6.45, 7) is 6.28. The topological polar surface area (TPSA) is 55.8 Å². The fraction of sp³-hybridized carbons (Fsp3) is 0.917. The van der Waals surface area contributed by atoms with Crippen LogP contribution in [-0.2, 0) is 4.79 Å². The highest BCUT2D eigenvalue weighted by molar-refractivity contribution is 5.78. The summed E-state index contributed by atoms with van der Waals surface area (Å²) in [5.74, 6) is 0.189. The van der Waals surface area contributed by atoms with Gasteiger partial charge in [0.2, 0.25) is 5.91 Å². The van der Waals surface area contributed by atoms with E-state index in [4.69, 9.17) is 5.11 Å². The van der Waals surface area contributed by atoms with Gasteiger partial charge < -0.3 is 20.2 Å². The predicted octanol–water partition coefficient (Wildman–Crippen LogP) is -0.489. The van der Waals surface area contributed by atoms with Gasteiger partial charge in [-0.3, -0.25) is 4.79 Å². The van der Waals surface area contributed by atoms with Crippen LogP contribution in [0.2, 0.25) is 0 Å². The molecule has 1 saturated heterocycles. The second-order valence-corrected chi connectivity index (χ2v) is 4.83. The summed E-state index contributed by atoms with van der Waals surface area (Å²) in [6.07, 6.45) is 1.70. The summed E-state index contributed by atoms with van der Waals surface area (Å²) in [5, 5.41) is 11.9. The monoisotopic (exact) mass is 243 g/mol. The molecule has 1 heterocycles. The largest absolute Gasteiger partial charge is 0.396 e. The van der Waals surface area contributed by atoms with Gasteiger partial charge in [-0.15, -0.1) is 0 Å². The molecule has 5 nitrogen and oxygen atoms in total. The first kappa shape index (κ1) is 14.4. The van der Waals surface area contributed by atoms with Crippen LogP contribution in [0, 0.1) is 0 Å². The van der Waals surface area contributed by atoms with Crippen LogP contribution >= 0.6 is 0 Å². The lowest BCUT2D eigenvalue weighted by Crippen LogP contribution is -2.50. The van der Waals surface area contributed by atoms with Crippen LogP contribution in [0.25, 0.3) is 0 Å². The first-order valence-corrected chi connectivity index (χ1v) is 6.44. The van der Waals surface area contributed by atoms with Crippen molar-refractivity contribution in [2.75, 3.05) is 46.4 Å². The van der Waals surface area contributed by atoms with Gasteiger partial charge in [-0.1, -0.05) is 0 Å². The van der Waals surface area contributed by atoms with Gasteiger partial charge in [-0.25, -0.2) is 0 Å². The third-order valence-electron chi connectivity index (χ3n) is 3.25. The summed E-state index contributed by atoms with van der Waals surface area (Å²) in [5.41, 5.74) is 0. The minimum Gasteiger partial charge on any atom is -0.396 e. The molecule has 0 aromatic carbocycles. The van der Waals surface area contributed by atoms with E-state index in [-0.39, 0.29) is 12.5 Å². The van der Waals surface area contributed by atoms with E-state index in [1.165, 1.54) is 0 Å². The number of carbonyl (C=O) groups excluding carboxylic acids is 1. The van der Waals surface area contributed by atoms with Crippen molar-refractivity contribution in [1.29, 1.82) is 0 Å². The Morgan fingerprint density at radius 3 is 2.59 bits per heavy atom. The van der Waals surface area contributed by atoms with Gasteiger partial charge in [0.25, 0.3) is 0 Å². The SMILES string of the molecule is CC(CCCO)NCC(=O)N1CCN(C)CC1. The highest BCUT2D eigenvalue weighted by Crippen LogP contribution is 2.00. The van der Waals surface area contributed by atoms with Gasteiger partial charge >= 0.3 is 0 Å². The van der Waals surface area contributed by atoms with E-state index in [9.17, 15) is 4.79 Å². The van der Waals surface area contributed by atoms with Crippen molar-refractivity contribution < 1.29 is 9.90 Å². The molecule has 1 fully saturated rings. The molecule has 0 bridgehead atoms. The molecule has 1 atom stereocenters. The Labute approximate surface area is 104 Å². The number of hydrogen-bond acceptors (Lipinski definition) is 4. The first-order chi connectivity index (χ1) is 8.13. The minimum atomic E-state index is 0.189. The number of carbonyl (C=O) groups is 1. The number of amides is 1. The first-order valence-electron chi connectivity index (χ1n) is 6.44. The summed E-state index contributed by atoms with van der Waals surface area (Å²) >= 11 is 0. The molecule has 100 valence electrons. The van der Waals surface area contributed by atoms with Crippen LogP contribution in [-0.4, -0.2) is 73.2 Å². The second-order valence-electron chi connectivity index (χ2n) is 4.83. The Bertz CT molecular complexity index is 228. The van der Waals surface area contributed by atoms with Gasteiger partial charge in [-0.05, 0) is 26.8 Å². The molecule has 0 saturated carbocycles. The Morgan fingerprint density at radius 2 is 2.00 bits per heavy atom. The van der Waals surface area contributed by atoms with Gasteiger partial charge in [0.05, 0.1) is 6.54 Å². The number of nitrogens with zero attached hydrogens (tertiary/aromatic N) is 2. The van der Waals surface area contributed by atoms with Gasteiger partial charge in [-0.2, -0.15) is 0 Å². The van der Waals surface area contributed by atoms with E-state index < -0.39 is 0 Å². The number of likely N-dealkylation sites (N-methyl/N-ethyl adjacent to an activating group) is 1. The number of aliphatic hydroxyl groups excluding tert-OH is 1. The highest BCUT2D eigenvalue weighted by Gasteiger charge is 2.18. The standard InChI is InChI=1S/C12H25N3O2/c1-11(4-3-9-16)13-10-12(17)15-7-5-14(2)6-8-15/h11,13,16H,3-10H2,1-2H3. The molecular weight excluding hydrogens is 218 g/mol. The fourth-order valence-electron chi connectivity index (χ4n) is 1.93. The molecule has 5 heteroatoms. The zero-order valence-electron chi connectivity index (χ0n) is 11.0. The van der Waals surface area contributed by atoms with Crippen LogP contribution in [0.5, 0.6) is 0 Å². The van der Waals surface area contributed by atoms with E-state index in [0.29, 0.717) is 12.6 Å². The molecule has 17 heavy (non-hydrogen) atoms. The zero-order chi connectivity index (χ0) is 12.7. The number of rotatable bonds is 6. The van der Waals surface area contributed by atoms with Gasteiger partial charge in [0.15, 0.2) is 0 Å². The van der Waals surface area contributed by atoms with Crippen LogP contribution in [0.4, 0.5) is 0 Å². The molecule has 2 N–H and O–H groups in total. The normalized spacial score (nSPS) is 19.4. The minimum absolute atomic E-state index is 0.189. The fourth-order valence-corrected chi connectivity index (χ4v) is 1.93. The van der Waals surface area contributed by atoms with Crippen molar-refractivity contribution in [2.24, 2.45) is 0 Å². The van der Waals surface area contributed by atoms with Crippen molar-refractivity contribution in [3.63, 3.8) is 0 Å². The molecule has 1 amide bonds. The lowest BCUT2D eigenvalue weighted by Gasteiger charge is -2.32. The van der Waals surface area contributed by atoms with E-state index in [1.54, 1.807) is 0 Å². The Morgan fingerprint density at radius 1 is 1.35 bits per heavy atom. The maximum absolute atomic E-state index is 11.9. The molecule has 0 aromatic heterocycles. The molecular formula is C12H25N3O2. The molecule has 1 aliphatic heterocycles. The molecule has 1 rings (SSSR count). The number of piperazine rings is 1. The lowest BCUT2D eigenvalue weighted by molar-refractivity contribution is -0.131. The average Bonchev–Trinajstić information content (AvgIpc) is 2.34. The number of hydrogen-bond donors (Lipinski definition) is 2. The molecule has 1 aliphatic rings. The van der Waals surface area contributed by atoms with E-state index >= 15 is 0 Å². The number of nitrogens with one attached hydrogen (secondary N) is 1. The maximum atomic E-state index is 11.9. The molecule has 0 spiro atoms. The van der Waals surface area contributed by atoms with Crippen molar-refractivity contribution >= 4 is 5.91 Å². The van der Waals surface area contributed by atoms with E-state index in [2.05, 4.69) is 17.3 Å². The third-order valence-corrected chi connectivity index (χ3v) is 3.25. The van der Waals surface area contributed by atoms with E-state index in [0.717, 1.165) is 39.0 Å². The van der Waals surface area contributed by atoms with Crippen molar-refractivity contribution in [1.82, 2.24) is 15.1 Å².